The molecule has 2 aromatic heterocycles. The van der Waals surface area contributed by atoms with Crippen molar-refractivity contribution in [3.63, 3.8) is 0 Å². The molecule has 3 aromatic rings. The Morgan fingerprint density at radius 1 is 1.17 bits per heavy atom. The minimum Gasteiger partial charge on any atom is -0.325 e. The zero-order valence-electron chi connectivity index (χ0n) is 13.3. The lowest BCUT2D eigenvalue weighted by Gasteiger charge is -2.18. The van der Waals surface area contributed by atoms with Gasteiger partial charge < -0.3 is 5.32 Å². The van der Waals surface area contributed by atoms with Crippen LogP contribution in [0.2, 0.25) is 0 Å². The normalized spacial score (nSPS) is 12.5. The predicted octanol–water partition coefficient (Wildman–Crippen LogP) is 3.62. The molecule has 1 unspecified atom stereocenters. The molecule has 0 saturated carbocycles. The molecule has 0 bridgehead atoms. The molecule has 0 fully saturated rings. The Morgan fingerprint density at radius 3 is 2.62 bits per heavy atom. The van der Waals surface area contributed by atoms with Crippen molar-refractivity contribution in [2.45, 2.75) is 24.3 Å². The molecule has 1 aromatic carbocycles. The summed E-state index contributed by atoms with van der Waals surface area (Å²) in [7, 11) is 0. The van der Waals surface area contributed by atoms with E-state index in [1.165, 1.54) is 23.9 Å². The standard InChI is InChI=1S/C17H17FN4OS/c1-11(2)15(16(23)19-13-8-6-12(18)7-9-13)24-17-21-20-14-5-3-4-10-22(14)17/h3-11,15H,1-2H3,(H,19,23). The first-order valence-electron chi connectivity index (χ1n) is 7.57. The van der Waals surface area contributed by atoms with Crippen molar-refractivity contribution < 1.29 is 9.18 Å². The fourth-order valence-corrected chi connectivity index (χ4v) is 3.27. The maximum atomic E-state index is 13.0. The molecule has 2 heterocycles. The van der Waals surface area contributed by atoms with Gasteiger partial charge in [0, 0.05) is 11.9 Å². The molecule has 1 atom stereocenters. The molecule has 24 heavy (non-hydrogen) atoms. The van der Waals surface area contributed by atoms with Gasteiger partial charge in [-0.25, -0.2) is 4.39 Å². The number of aromatic nitrogens is 3. The highest BCUT2D eigenvalue weighted by Gasteiger charge is 2.26. The third-order valence-corrected chi connectivity index (χ3v) is 4.99. The number of carbonyl (C=O) groups is 1. The summed E-state index contributed by atoms with van der Waals surface area (Å²) in [5.74, 6) is -0.390. The maximum absolute atomic E-state index is 13.0. The molecule has 1 amide bonds. The van der Waals surface area contributed by atoms with Crippen LogP contribution in [0, 0.1) is 11.7 Å². The molecule has 3 rings (SSSR count). The van der Waals surface area contributed by atoms with E-state index in [4.69, 9.17) is 0 Å². The van der Waals surface area contributed by atoms with E-state index >= 15 is 0 Å². The fraction of sp³-hybridized carbons (Fsp3) is 0.235. The van der Waals surface area contributed by atoms with Crippen LogP contribution in [0.25, 0.3) is 5.65 Å². The summed E-state index contributed by atoms with van der Waals surface area (Å²) in [4.78, 5) is 12.6. The first-order chi connectivity index (χ1) is 11.5. The Balaban J connectivity index is 1.79. The van der Waals surface area contributed by atoms with Gasteiger partial charge in [-0.3, -0.25) is 9.20 Å². The van der Waals surface area contributed by atoms with E-state index in [0.29, 0.717) is 10.8 Å². The number of rotatable bonds is 5. The lowest BCUT2D eigenvalue weighted by molar-refractivity contribution is -0.116. The molecule has 7 heteroatoms. The van der Waals surface area contributed by atoms with E-state index in [9.17, 15) is 9.18 Å². The number of carbonyl (C=O) groups excluding carboxylic acids is 1. The van der Waals surface area contributed by atoms with Crippen molar-refractivity contribution >= 4 is 29.0 Å². The van der Waals surface area contributed by atoms with Crippen molar-refractivity contribution in [1.82, 2.24) is 14.6 Å². The van der Waals surface area contributed by atoms with Gasteiger partial charge in [0.15, 0.2) is 10.8 Å². The van der Waals surface area contributed by atoms with Gasteiger partial charge in [0.25, 0.3) is 0 Å². The van der Waals surface area contributed by atoms with Crippen LogP contribution in [-0.4, -0.2) is 25.8 Å². The number of nitrogens with zero attached hydrogens (tertiary/aromatic N) is 3. The summed E-state index contributed by atoms with van der Waals surface area (Å²) < 4.78 is 14.8. The van der Waals surface area contributed by atoms with Crippen LogP contribution in [-0.2, 0) is 4.79 Å². The van der Waals surface area contributed by atoms with Crippen LogP contribution < -0.4 is 5.32 Å². The first-order valence-corrected chi connectivity index (χ1v) is 8.45. The summed E-state index contributed by atoms with van der Waals surface area (Å²) in [5.41, 5.74) is 1.31. The summed E-state index contributed by atoms with van der Waals surface area (Å²) in [5, 5.41) is 11.4. The van der Waals surface area contributed by atoms with E-state index in [0.717, 1.165) is 5.65 Å². The van der Waals surface area contributed by atoms with Crippen molar-refractivity contribution in [2.75, 3.05) is 5.32 Å². The van der Waals surface area contributed by atoms with Gasteiger partial charge in [0.1, 0.15) is 5.82 Å². The number of pyridine rings is 1. The van der Waals surface area contributed by atoms with E-state index in [2.05, 4.69) is 15.5 Å². The Labute approximate surface area is 143 Å². The number of anilines is 1. The van der Waals surface area contributed by atoms with Gasteiger partial charge in [0.05, 0.1) is 5.25 Å². The third kappa shape index (κ3) is 3.56. The lowest BCUT2D eigenvalue weighted by atomic mass is 10.1. The molecule has 0 radical (unpaired) electrons. The van der Waals surface area contributed by atoms with Crippen LogP contribution in [0.15, 0.2) is 53.8 Å². The van der Waals surface area contributed by atoms with Gasteiger partial charge >= 0.3 is 0 Å². The number of hydrogen-bond acceptors (Lipinski definition) is 4. The van der Waals surface area contributed by atoms with E-state index in [1.54, 1.807) is 12.1 Å². The Bertz CT molecular complexity index is 847. The van der Waals surface area contributed by atoms with Gasteiger partial charge in [-0.15, -0.1) is 10.2 Å². The predicted molar refractivity (Wildman–Crippen MR) is 92.5 cm³/mol. The third-order valence-electron chi connectivity index (χ3n) is 3.49. The first kappa shape index (κ1) is 16.4. The molecule has 124 valence electrons. The van der Waals surface area contributed by atoms with Crippen molar-refractivity contribution in [3.8, 4) is 0 Å². The number of fused-ring (bicyclic) bond motifs is 1. The average Bonchev–Trinajstić information content (AvgIpc) is 2.97. The summed E-state index contributed by atoms with van der Waals surface area (Å²) >= 11 is 1.37. The quantitative estimate of drug-likeness (QED) is 0.718. The Hall–Kier alpha value is -2.41. The lowest BCUT2D eigenvalue weighted by Crippen LogP contribution is -2.29. The molecule has 0 aliphatic rings. The largest absolute Gasteiger partial charge is 0.325 e. The van der Waals surface area contributed by atoms with Crippen LogP contribution in [0.1, 0.15) is 13.8 Å². The van der Waals surface area contributed by atoms with Crippen LogP contribution in [0.4, 0.5) is 10.1 Å². The smallest absolute Gasteiger partial charge is 0.238 e. The monoisotopic (exact) mass is 344 g/mol. The highest BCUT2D eigenvalue weighted by atomic mass is 32.2. The molecule has 5 nitrogen and oxygen atoms in total. The van der Waals surface area contributed by atoms with Crippen LogP contribution in [0.5, 0.6) is 0 Å². The van der Waals surface area contributed by atoms with E-state index < -0.39 is 0 Å². The SMILES string of the molecule is CC(C)C(Sc1nnc2ccccn12)C(=O)Nc1ccc(F)cc1. The zero-order valence-corrected chi connectivity index (χ0v) is 14.1. The summed E-state index contributed by atoms with van der Waals surface area (Å²) in [6.45, 7) is 3.95. The zero-order chi connectivity index (χ0) is 17.1. The average molecular weight is 344 g/mol. The van der Waals surface area contributed by atoms with Crippen molar-refractivity contribution in [3.05, 3.63) is 54.5 Å². The number of hydrogen-bond donors (Lipinski definition) is 1. The number of thioether (sulfide) groups is 1. The minimum absolute atomic E-state index is 0.0894. The summed E-state index contributed by atoms with van der Waals surface area (Å²) in [6, 6.07) is 11.4. The second kappa shape index (κ2) is 7.00. The molecular formula is C17H17FN4OS. The van der Waals surface area contributed by atoms with Crippen molar-refractivity contribution in [1.29, 1.82) is 0 Å². The Kier molecular flexibility index (Phi) is 4.80. The Morgan fingerprint density at radius 2 is 1.92 bits per heavy atom. The van der Waals surface area contributed by atoms with Gasteiger partial charge in [0.2, 0.25) is 5.91 Å². The molecule has 0 aliphatic carbocycles. The molecule has 0 saturated heterocycles. The number of amides is 1. The highest BCUT2D eigenvalue weighted by molar-refractivity contribution is 8.00. The van der Waals surface area contributed by atoms with Gasteiger partial charge in [-0.2, -0.15) is 0 Å². The number of nitrogens with one attached hydrogen (secondary N) is 1. The summed E-state index contributed by atoms with van der Waals surface area (Å²) in [6.07, 6.45) is 1.87. The van der Waals surface area contributed by atoms with E-state index in [1.807, 2.05) is 42.6 Å². The molecule has 0 aliphatic heterocycles. The molecular weight excluding hydrogens is 327 g/mol. The van der Waals surface area contributed by atoms with Gasteiger partial charge in [-0.1, -0.05) is 31.7 Å². The second-order valence-electron chi connectivity index (χ2n) is 5.69. The fourth-order valence-electron chi connectivity index (χ4n) is 2.25. The second-order valence-corrected chi connectivity index (χ2v) is 6.80. The van der Waals surface area contributed by atoms with Crippen LogP contribution in [0.3, 0.4) is 0 Å². The van der Waals surface area contributed by atoms with Crippen LogP contribution >= 0.6 is 11.8 Å². The highest BCUT2D eigenvalue weighted by Crippen LogP contribution is 2.28. The maximum Gasteiger partial charge on any atom is 0.238 e. The molecule has 0 spiro atoms. The number of benzene rings is 1. The van der Waals surface area contributed by atoms with Gasteiger partial charge in [-0.05, 0) is 42.3 Å². The molecule has 1 N–H and O–H groups in total. The minimum atomic E-state index is -0.345. The van der Waals surface area contributed by atoms with E-state index in [-0.39, 0.29) is 22.9 Å². The van der Waals surface area contributed by atoms with Crippen molar-refractivity contribution in [2.24, 2.45) is 5.92 Å². The number of halogens is 1. The topological polar surface area (TPSA) is 59.3 Å².